The SMILES string of the molecule is Cc1sc2ncnc(N3CC(O)(C4CC4)C3)c2c1C. The summed E-state index contributed by atoms with van der Waals surface area (Å²) in [6, 6.07) is 0. The number of hydrogen-bond acceptors (Lipinski definition) is 5. The number of thiophene rings is 1. The Balaban J connectivity index is 1.72. The smallest absolute Gasteiger partial charge is 0.141 e. The number of β-amino-alcohol motifs (C(OH)–C–C–N with tert-alkyl or cyclic N) is 1. The van der Waals surface area contributed by atoms with Crippen molar-refractivity contribution in [2.45, 2.75) is 32.3 Å². The van der Waals surface area contributed by atoms with E-state index in [1.54, 1.807) is 17.7 Å². The molecule has 1 N–H and O–H groups in total. The number of anilines is 1. The molecule has 2 fully saturated rings. The van der Waals surface area contributed by atoms with Gasteiger partial charge in [0.25, 0.3) is 0 Å². The predicted octanol–water partition coefficient (Wildman–Crippen LogP) is 2.27. The number of rotatable bonds is 2. The van der Waals surface area contributed by atoms with Crippen molar-refractivity contribution in [1.29, 1.82) is 0 Å². The van der Waals surface area contributed by atoms with Crippen molar-refractivity contribution in [2.75, 3.05) is 18.0 Å². The number of aliphatic hydroxyl groups is 1. The minimum Gasteiger partial charge on any atom is -0.386 e. The Hall–Kier alpha value is -1.20. The number of nitrogens with zero attached hydrogens (tertiary/aromatic N) is 3. The lowest BCUT2D eigenvalue weighted by Crippen LogP contribution is -2.63. The monoisotopic (exact) mass is 275 g/mol. The molecule has 2 aromatic rings. The van der Waals surface area contributed by atoms with Crippen LogP contribution in [0.1, 0.15) is 23.3 Å². The molecule has 2 aliphatic rings. The fraction of sp³-hybridized carbons (Fsp3) is 0.571. The highest BCUT2D eigenvalue weighted by Crippen LogP contribution is 2.46. The lowest BCUT2D eigenvalue weighted by Gasteiger charge is -2.47. The Bertz CT molecular complexity index is 656. The summed E-state index contributed by atoms with van der Waals surface area (Å²) in [5, 5.41) is 11.6. The van der Waals surface area contributed by atoms with Gasteiger partial charge in [-0.3, -0.25) is 0 Å². The molecule has 19 heavy (non-hydrogen) atoms. The topological polar surface area (TPSA) is 49.2 Å². The third kappa shape index (κ3) is 1.61. The molecule has 0 amide bonds. The van der Waals surface area contributed by atoms with E-state index in [0.29, 0.717) is 5.92 Å². The van der Waals surface area contributed by atoms with E-state index in [1.165, 1.54) is 28.7 Å². The highest BCUT2D eigenvalue weighted by molar-refractivity contribution is 7.18. The Kier molecular flexibility index (Phi) is 2.24. The molecule has 0 spiro atoms. The molecule has 0 atom stereocenters. The molecule has 1 aliphatic carbocycles. The molecule has 4 nitrogen and oxygen atoms in total. The second kappa shape index (κ2) is 3.67. The zero-order valence-corrected chi connectivity index (χ0v) is 12.0. The van der Waals surface area contributed by atoms with Gasteiger partial charge in [-0.2, -0.15) is 0 Å². The van der Waals surface area contributed by atoms with Crippen LogP contribution in [-0.2, 0) is 0 Å². The summed E-state index contributed by atoms with van der Waals surface area (Å²) in [7, 11) is 0. The second-order valence-corrected chi connectivity index (χ2v) is 7.10. The summed E-state index contributed by atoms with van der Waals surface area (Å²) < 4.78 is 0. The van der Waals surface area contributed by atoms with Gasteiger partial charge in [0, 0.05) is 4.88 Å². The van der Waals surface area contributed by atoms with Crippen LogP contribution >= 0.6 is 11.3 Å². The molecule has 2 aromatic heterocycles. The Morgan fingerprint density at radius 3 is 2.74 bits per heavy atom. The van der Waals surface area contributed by atoms with Crippen LogP contribution in [-0.4, -0.2) is 33.8 Å². The fourth-order valence-electron chi connectivity index (χ4n) is 3.05. The maximum absolute atomic E-state index is 10.4. The van der Waals surface area contributed by atoms with Gasteiger partial charge < -0.3 is 10.0 Å². The number of fused-ring (bicyclic) bond motifs is 1. The van der Waals surface area contributed by atoms with E-state index in [2.05, 4.69) is 28.7 Å². The van der Waals surface area contributed by atoms with Crippen LogP contribution in [0.15, 0.2) is 6.33 Å². The molecule has 0 unspecified atom stereocenters. The van der Waals surface area contributed by atoms with Crippen LogP contribution in [0.25, 0.3) is 10.2 Å². The van der Waals surface area contributed by atoms with Gasteiger partial charge in [-0.25, -0.2) is 9.97 Å². The first-order valence-corrected chi connectivity index (χ1v) is 7.58. The van der Waals surface area contributed by atoms with Crippen molar-refractivity contribution < 1.29 is 5.11 Å². The van der Waals surface area contributed by atoms with Crippen LogP contribution < -0.4 is 4.90 Å². The van der Waals surface area contributed by atoms with E-state index in [4.69, 9.17) is 0 Å². The first kappa shape index (κ1) is 11.6. The van der Waals surface area contributed by atoms with Crippen molar-refractivity contribution >= 4 is 27.4 Å². The van der Waals surface area contributed by atoms with Crippen molar-refractivity contribution in [3.8, 4) is 0 Å². The minimum absolute atomic E-state index is 0.462. The molecule has 5 heteroatoms. The number of aryl methyl sites for hydroxylation is 2. The van der Waals surface area contributed by atoms with Crippen LogP contribution in [0.2, 0.25) is 0 Å². The summed E-state index contributed by atoms with van der Waals surface area (Å²) in [5.74, 6) is 1.52. The lowest BCUT2D eigenvalue weighted by molar-refractivity contribution is -0.00958. The Morgan fingerprint density at radius 2 is 2.05 bits per heavy atom. The molecule has 4 rings (SSSR count). The average molecular weight is 275 g/mol. The number of aromatic nitrogens is 2. The quantitative estimate of drug-likeness (QED) is 0.913. The van der Waals surface area contributed by atoms with Gasteiger partial charge in [-0.1, -0.05) is 0 Å². The molecular formula is C14H17N3OS. The summed E-state index contributed by atoms with van der Waals surface area (Å²) in [4.78, 5) is 13.4. The van der Waals surface area contributed by atoms with Gasteiger partial charge in [0.1, 0.15) is 22.6 Å². The largest absolute Gasteiger partial charge is 0.386 e. The van der Waals surface area contributed by atoms with E-state index in [0.717, 1.165) is 23.7 Å². The van der Waals surface area contributed by atoms with E-state index >= 15 is 0 Å². The van der Waals surface area contributed by atoms with Crippen LogP contribution in [0.5, 0.6) is 0 Å². The van der Waals surface area contributed by atoms with E-state index in [9.17, 15) is 5.11 Å². The van der Waals surface area contributed by atoms with Gasteiger partial charge in [0.05, 0.1) is 18.5 Å². The molecule has 100 valence electrons. The average Bonchev–Trinajstić information content (AvgIpc) is 3.14. The van der Waals surface area contributed by atoms with E-state index < -0.39 is 5.60 Å². The molecule has 0 radical (unpaired) electrons. The third-order valence-electron chi connectivity index (χ3n) is 4.51. The maximum Gasteiger partial charge on any atom is 0.141 e. The van der Waals surface area contributed by atoms with Gasteiger partial charge in [-0.05, 0) is 38.2 Å². The first-order valence-electron chi connectivity index (χ1n) is 6.76. The normalized spacial score (nSPS) is 21.7. The summed E-state index contributed by atoms with van der Waals surface area (Å²) in [6.45, 7) is 5.70. The zero-order valence-electron chi connectivity index (χ0n) is 11.2. The third-order valence-corrected chi connectivity index (χ3v) is 5.63. The first-order chi connectivity index (χ1) is 9.08. The molecule has 0 bridgehead atoms. The van der Waals surface area contributed by atoms with Crippen LogP contribution in [0.4, 0.5) is 5.82 Å². The molecule has 1 aliphatic heterocycles. The van der Waals surface area contributed by atoms with Gasteiger partial charge >= 0.3 is 0 Å². The van der Waals surface area contributed by atoms with Crippen LogP contribution in [0.3, 0.4) is 0 Å². The van der Waals surface area contributed by atoms with Gasteiger partial charge in [0.15, 0.2) is 0 Å². The van der Waals surface area contributed by atoms with E-state index in [-0.39, 0.29) is 0 Å². The second-order valence-electron chi connectivity index (χ2n) is 5.89. The lowest BCUT2D eigenvalue weighted by atomic mass is 9.88. The van der Waals surface area contributed by atoms with Crippen molar-refractivity contribution in [3.63, 3.8) is 0 Å². The predicted molar refractivity (Wildman–Crippen MR) is 76.8 cm³/mol. The van der Waals surface area contributed by atoms with Gasteiger partial charge in [-0.15, -0.1) is 11.3 Å². The van der Waals surface area contributed by atoms with Crippen LogP contribution in [0, 0.1) is 19.8 Å². The zero-order chi connectivity index (χ0) is 13.2. The Morgan fingerprint density at radius 1 is 1.32 bits per heavy atom. The maximum atomic E-state index is 10.4. The molecule has 1 saturated heterocycles. The highest BCUT2D eigenvalue weighted by atomic mass is 32.1. The summed E-state index contributed by atoms with van der Waals surface area (Å²) in [5.41, 5.74) is 0.813. The Labute approximate surface area is 116 Å². The van der Waals surface area contributed by atoms with Gasteiger partial charge in [0.2, 0.25) is 0 Å². The van der Waals surface area contributed by atoms with E-state index in [1.807, 2.05) is 0 Å². The summed E-state index contributed by atoms with van der Waals surface area (Å²) >= 11 is 1.72. The summed E-state index contributed by atoms with van der Waals surface area (Å²) in [6.07, 6.45) is 4.00. The highest BCUT2D eigenvalue weighted by Gasteiger charge is 2.52. The number of hydrogen-bond donors (Lipinski definition) is 1. The fourth-order valence-corrected chi connectivity index (χ4v) is 4.04. The molecular weight excluding hydrogens is 258 g/mol. The van der Waals surface area contributed by atoms with Crippen molar-refractivity contribution in [2.24, 2.45) is 5.92 Å². The van der Waals surface area contributed by atoms with Crippen molar-refractivity contribution in [3.05, 3.63) is 16.8 Å². The van der Waals surface area contributed by atoms with Crippen molar-refractivity contribution in [1.82, 2.24) is 9.97 Å². The minimum atomic E-state index is -0.462. The standard InChI is InChI=1S/C14H17N3OS/c1-8-9(2)19-13-11(8)12(15-7-16-13)17-5-14(18,6-17)10-3-4-10/h7,10,18H,3-6H2,1-2H3. The molecule has 3 heterocycles. The molecule has 0 aromatic carbocycles. The molecule has 1 saturated carbocycles.